The summed E-state index contributed by atoms with van der Waals surface area (Å²) in [5, 5.41) is 12.0. The van der Waals surface area contributed by atoms with Gasteiger partial charge in [-0.3, -0.25) is 9.59 Å². The number of carbonyl (C=O) groups excluding carboxylic acids is 1. The largest absolute Gasteiger partial charge is 0.481 e. The minimum absolute atomic E-state index is 0.249. The van der Waals surface area contributed by atoms with Gasteiger partial charge in [-0.15, -0.1) is 0 Å². The van der Waals surface area contributed by atoms with E-state index >= 15 is 0 Å². The van der Waals surface area contributed by atoms with E-state index in [1.54, 1.807) is 13.2 Å². The van der Waals surface area contributed by atoms with E-state index in [1.165, 1.54) is 0 Å². The molecule has 0 fully saturated rings. The molecule has 0 radical (unpaired) electrons. The molecule has 0 unspecified atom stereocenters. The van der Waals surface area contributed by atoms with Crippen LogP contribution in [-0.2, 0) is 20.9 Å². The zero-order chi connectivity index (χ0) is 15.2. The van der Waals surface area contributed by atoms with Crippen molar-refractivity contribution in [2.24, 2.45) is 11.8 Å². The Labute approximate surface area is 123 Å². The van der Waals surface area contributed by atoms with E-state index in [0.29, 0.717) is 25.1 Å². The summed E-state index contributed by atoms with van der Waals surface area (Å²) in [7, 11) is 1.61. The number of carboxylic acids is 1. The number of anilines is 1. The van der Waals surface area contributed by atoms with E-state index in [1.807, 2.05) is 30.4 Å². The summed E-state index contributed by atoms with van der Waals surface area (Å²) in [5.74, 6) is -2.36. The van der Waals surface area contributed by atoms with Gasteiger partial charge < -0.3 is 15.2 Å². The van der Waals surface area contributed by atoms with E-state index in [0.717, 1.165) is 5.56 Å². The second-order valence-electron chi connectivity index (χ2n) is 5.12. The number of amides is 1. The van der Waals surface area contributed by atoms with Gasteiger partial charge >= 0.3 is 5.97 Å². The molecule has 0 bridgehead atoms. The number of hydrogen-bond donors (Lipinski definition) is 2. The van der Waals surface area contributed by atoms with Crippen LogP contribution in [0.5, 0.6) is 0 Å². The second-order valence-corrected chi connectivity index (χ2v) is 5.12. The molecular weight excluding hydrogens is 270 g/mol. The van der Waals surface area contributed by atoms with Crippen molar-refractivity contribution in [2.45, 2.75) is 19.4 Å². The summed E-state index contributed by atoms with van der Waals surface area (Å²) < 4.78 is 5.05. The number of rotatable bonds is 5. The van der Waals surface area contributed by atoms with Gasteiger partial charge in [0.05, 0.1) is 18.4 Å². The molecule has 0 aromatic heterocycles. The van der Waals surface area contributed by atoms with Crippen LogP contribution in [0, 0.1) is 11.8 Å². The number of hydrogen-bond acceptors (Lipinski definition) is 3. The van der Waals surface area contributed by atoms with Crippen LogP contribution >= 0.6 is 0 Å². The van der Waals surface area contributed by atoms with Gasteiger partial charge in [0.1, 0.15) is 0 Å². The highest BCUT2D eigenvalue weighted by Gasteiger charge is 2.33. The Bertz CT molecular complexity index is 553. The summed E-state index contributed by atoms with van der Waals surface area (Å²) in [6.07, 6.45) is 4.55. The molecule has 112 valence electrons. The molecule has 2 atom stereocenters. The number of aliphatic carboxylic acids is 1. The molecule has 21 heavy (non-hydrogen) atoms. The summed E-state index contributed by atoms with van der Waals surface area (Å²) in [5.41, 5.74) is 1.61. The third kappa shape index (κ3) is 3.92. The molecule has 1 aliphatic rings. The molecule has 1 aromatic carbocycles. The van der Waals surface area contributed by atoms with Crippen molar-refractivity contribution in [3.05, 3.63) is 42.0 Å². The van der Waals surface area contributed by atoms with E-state index in [2.05, 4.69) is 5.32 Å². The van der Waals surface area contributed by atoms with E-state index < -0.39 is 17.8 Å². The van der Waals surface area contributed by atoms with E-state index in [-0.39, 0.29) is 5.91 Å². The van der Waals surface area contributed by atoms with Crippen molar-refractivity contribution >= 4 is 17.6 Å². The molecule has 2 N–H and O–H groups in total. The van der Waals surface area contributed by atoms with Gasteiger partial charge in [-0.05, 0) is 30.5 Å². The highest BCUT2D eigenvalue weighted by molar-refractivity contribution is 5.95. The van der Waals surface area contributed by atoms with Crippen LogP contribution in [0.1, 0.15) is 18.4 Å². The first kappa shape index (κ1) is 15.3. The quantitative estimate of drug-likeness (QED) is 0.816. The lowest BCUT2D eigenvalue weighted by Crippen LogP contribution is -2.34. The van der Waals surface area contributed by atoms with Crippen molar-refractivity contribution in [3.8, 4) is 0 Å². The van der Waals surface area contributed by atoms with E-state index in [9.17, 15) is 14.7 Å². The Morgan fingerprint density at radius 1 is 1.29 bits per heavy atom. The fraction of sp³-hybridized carbons (Fsp3) is 0.375. The van der Waals surface area contributed by atoms with Gasteiger partial charge in [0.2, 0.25) is 5.91 Å². The van der Waals surface area contributed by atoms with Gasteiger partial charge in [-0.25, -0.2) is 0 Å². The number of benzene rings is 1. The Morgan fingerprint density at radius 2 is 2.00 bits per heavy atom. The first-order valence-corrected chi connectivity index (χ1v) is 6.88. The van der Waals surface area contributed by atoms with Crippen LogP contribution < -0.4 is 5.32 Å². The van der Waals surface area contributed by atoms with Crippen molar-refractivity contribution in [3.63, 3.8) is 0 Å². The third-order valence-corrected chi connectivity index (χ3v) is 3.59. The van der Waals surface area contributed by atoms with Crippen molar-refractivity contribution in [1.82, 2.24) is 0 Å². The molecule has 1 aliphatic carbocycles. The first-order valence-electron chi connectivity index (χ1n) is 6.88. The van der Waals surface area contributed by atoms with Crippen molar-refractivity contribution in [2.75, 3.05) is 12.4 Å². The third-order valence-electron chi connectivity index (χ3n) is 3.59. The van der Waals surface area contributed by atoms with Gasteiger partial charge in [-0.2, -0.15) is 0 Å². The van der Waals surface area contributed by atoms with Crippen LogP contribution in [-0.4, -0.2) is 24.1 Å². The molecular formula is C16H19NO4. The Morgan fingerprint density at radius 3 is 2.67 bits per heavy atom. The lowest BCUT2D eigenvalue weighted by molar-refractivity contribution is -0.146. The van der Waals surface area contributed by atoms with Gasteiger partial charge in [0.25, 0.3) is 0 Å². The normalized spacial score (nSPS) is 21.0. The topological polar surface area (TPSA) is 75.6 Å². The molecule has 2 rings (SSSR count). The Kier molecular flexibility index (Phi) is 5.11. The standard InChI is InChI=1S/C16H19NO4/c1-21-10-11-5-4-6-12(9-11)17-15(18)13-7-2-3-8-14(13)16(19)20/h2-6,9,13-14H,7-8,10H2,1H3,(H,17,18)(H,19,20)/t13-,14+/m1/s1. The summed E-state index contributed by atoms with van der Waals surface area (Å²) in [4.78, 5) is 23.5. The number of allylic oxidation sites excluding steroid dienone is 2. The minimum Gasteiger partial charge on any atom is -0.481 e. The molecule has 0 heterocycles. The zero-order valence-corrected chi connectivity index (χ0v) is 11.9. The number of carboxylic acid groups (broad SMARTS) is 1. The molecule has 0 spiro atoms. The minimum atomic E-state index is -0.923. The summed E-state index contributed by atoms with van der Waals surface area (Å²) in [6, 6.07) is 7.35. The maximum absolute atomic E-state index is 12.3. The van der Waals surface area contributed by atoms with Crippen LogP contribution in [0.2, 0.25) is 0 Å². The average molecular weight is 289 g/mol. The lowest BCUT2D eigenvalue weighted by atomic mass is 9.82. The van der Waals surface area contributed by atoms with Crippen LogP contribution in [0.15, 0.2) is 36.4 Å². The predicted molar refractivity (Wildman–Crippen MR) is 78.8 cm³/mol. The number of ether oxygens (including phenoxy) is 1. The second kappa shape index (κ2) is 7.04. The Balaban J connectivity index is 2.08. The van der Waals surface area contributed by atoms with Gasteiger partial charge in [-0.1, -0.05) is 24.3 Å². The van der Waals surface area contributed by atoms with E-state index in [4.69, 9.17) is 4.74 Å². The molecule has 1 amide bonds. The zero-order valence-electron chi connectivity index (χ0n) is 11.9. The first-order chi connectivity index (χ1) is 10.1. The molecule has 5 nitrogen and oxygen atoms in total. The molecule has 0 saturated heterocycles. The van der Waals surface area contributed by atoms with Crippen molar-refractivity contribution < 1.29 is 19.4 Å². The lowest BCUT2D eigenvalue weighted by Gasteiger charge is -2.24. The smallest absolute Gasteiger partial charge is 0.307 e. The van der Waals surface area contributed by atoms with Crippen LogP contribution in [0.4, 0.5) is 5.69 Å². The SMILES string of the molecule is COCc1cccc(NC(=O)[C@@H]2CC=CC[C@@H]2C(=O)O)c1. The maximum atomic E-state index is 12.3. The van der Waals surface area contributed by atoms with Crippen LogP contribution in [0.3, 0.4) is 0 Å². The number of carbonyl (C=O) groups is 2. The monoisotopic (exact) mass is 289 g/mol. The highest BCUT2D eigenvalue weighted by atomic mass is 16.5. The summed E-state index contributed by atoms with van der Waals surface area (Å²) >= 11 is 0. The number of nitrogens with one attached hydrogen (secondary N) is 1. The highest BCUT2D eigenvalue weighted by Crippen LogP contribution is 2.27. The van der Waals surface area contributed by atoms with Crippen LogP contribution in [0.25, 0.3) is 0 Å². The number of methoxy groups -OCH3 is 1. The molecule has 0 aliphatic heterocycles. The summed E-state index contributed by atoms with van der Waals surface area (Å²) in [6.45, 7) is 0.466. The fourth-order valence-corrected chi connectivity index (χ4v) is 2.52. The van der Waals surface area contributed by atoms with Crippen molar-refractivity contribution in [1.29, 1.82) is 0 Å². The van der Waals surface area contributed by atoms with Gasteiger partial charge in [0, 0.05) is 12.8 Å². The maximum Gasteiger partial charge on any atom is 0.307 e. The molecule has 5 heteroatoms. The predicted octanol–water partition coefficient (Wildman–Crippen LogP) is 2.44. The molecule has 1 aromatic rings. The average Bonchev–Trinajstić information content (AvgIpc) is 2.48. The van der Waals surface area contributed by atoms with Gasteiger partial charge in [0.15, 0.2) is 0 Å². The molecule has 0 saturated carbocycles. The Hall–Kier alpha value is -2.14. The fourth-order valence-electron chi connectivity index (χ4n) is 2.52.